The topological polar surface area (TPSA) is 146 Å². The summed E-state index contributed by atoms with van der Waals surface area (Å²) in [6.45, 7) is 2.72. The van der Waals surface area contributed by atoms with Gasteiger partial charge in [0.15, 0.2) is 6.10 Å². The van der Waals surface area contributed by atoms with E-state index in [1.165, 1.54) is 4.90 Å². The number of aliphatic carboxylic acids is 1. The predicted octanol–water partition coefficient (Wildman–Crippen LogP) is 1.69. The Morgan fingerprint density at radius 3 is 2.62 bits per heavy atom. The quantitative estimate of drug-likeness (QED) is 0.165. The Morgan fingerprint density at radius 2 is 1.97 bits per heavy atom. The van der Waals surface area contributed by atoms with Crippen LogP contribution in [0.15, 0.2) is 30.3 Å². The standard InChI is InChI=1S/C23H34N4O5/c1-16(24)26-14-6-5-10-18(25)21(28)27-15-7-11-19(27)23(31)32-20(22(29)30)13-12-17-8-3-2-4-9-17/h2-4,8-9,18-20H,5-7,10-15,25H2,1H3,(H2,24,26)(H,29,30)/t18-,19-,20-/m0/s1. The predicted molar refractivity (Wildman–Crippen MR) is 120 cm³/mol. The van der Waals surface area contributed by atoms with Crippen LogP contribution in [0.2, 0.25) is 0 Å². The van der Waals surface area contributed by atoms with Crippen LogP contribution in [0.25, 0.3) is 0 Å². The maximum Gasteiger partial charge on any atom is 0.345 e. The van der Waals surface area contributed by atoms with Crippen LogP contribution in [0.5, 0.6) is 0 Å². The van der Waals surface area contributed by atoms with Gasteiger partial charge in [-0.25, -0.2) is 9.59 Å². The number of carbonyl (C=O) groups is 3. The van der Waals surface area contributed by atoms with Crippen molar-refractivity contribution in [1.29, 1.82) is 5.41 Å². The number of aryl methyl sites for hydroxylation is 1. The molecule has 0 bridgehead atoms. The number of amidine groups is 1. The molecule has 1 aromatic carbocycles. The molecular weight excluding hydrogens is 412 g/mol. The van der Waals surface area contributed by atoms with Crippen LogP contribution in [0, 0.1) is 5.41 Å². The largest absolute Gasteiger partial charge is 0.479 e. The van der Waals surface area contributed by atoms with E-state index < -0.39 is 30.1 Å². The molecule has 1 aliphatic heterocycles. The summed E-state index contributed by atoms with van der Waals surface area (Å²) in [5.74, 6) is -1.80. The fourth-order valence-corrected chi connectivity index (χ4v) is 3.77. The Kier molecular flexibility index (Phi) is 10.1. The van der Waals surface area contributed by atoms with Crippen molar-refractivity contribution in [1.82, 2.24) is 10.2 Å². The van der Waals surface area contributed by atoms with Gasteiger partial charge < -0.3 is 25.8 Å². The maximum absolute atomic E-state index is 12.8. The first-order chi connectivity index (χ1) is 15.3. The minimum atomic E-state index is -1.27. The van der Waals surface area contributed by atoms with Gasteiger partial charge in [-0.2, -0.15) is 0 Å². The summed E-state index contributed by atoms with van der Waals surface area (Å²) >= 11 is 0. The maximum atomic E-state index is 12.8. The zero-order valence-electron chi connectivity index (χ0n) is 18.6. The number of carboxylic acid groups (broad SMARTS) is 1. The number of nitrogens with zero attached hydrogens (tertiary/aromatic N) is 1. The molecule has 1 saturated heterocycles. The fraction of sp³-hybridized carbons (Fsp3) is 0.565. The lowest BCUT2D eigenvalue weighted by Crippen LogP contribution is -2.49. The molecule has 1 aliphatic rings. The summed E-state index contributed by atoms with van der Waals surface area (Å²) in [7, 11) is 0. The van der Waals surface area contributed by atoms with Gasteiger partial charge in [-0.3, -0.25) is 10.2 Å². The molecule has 9 heteroatoms. The van der Waals surface area contributed by atoms with Crippen molar-refractivity contribution in [3.63, 3.8) is 0 Å². The highest BCUT2D eigenvalue weighted by Gasteiger charge is 2.38. The lowest BCUT2D eigenvalue weighted by Gasteiger charge is -2.27. The van der Waals surface area contributed by atoms with E-state index in [0.29, 0.717) is 44.6 Å². The highest BCUT2D eigenvalue weighted by Crippen LogP contribution is 2.21. The Balaban J connectivity index is 1.86. The normalized spacial score (nSPS) is 17.4. The number of hydrogen-bond acceptors (Lipinski definition) is 6. The Labute approximate surface area is 188 Å². The highest BCUT2D eigenvalue weighted by atomic mass is 16.6. The van der Waals surface area contributed by atoms with E-state index in [-0.39, 0.29) is 12.3 Å². The molecule has 5 N–H and O–H groups in total. The van der Waals surface area contributed by atoms with Crippen LogP contribution in [-0.4, -0.2) is 65.0 Å². The van der Waals surface area contributed by atoms with E-state index in [0.717, 1.165) is 18.4 Å². The number of nitrogens with two attached hydrogens (primary N) is 1. The summed E-state index contributed by atoms with van der Waals surface area (Å²) in [6, 6.07) is 7.88. The molecule has 32 heavy (non-hydrogen) atoms. The Morgan fingerprint density at radius 1 is 1.25 bits per heavy atom. The minimum absolute atomic E-state index is 0.161. The van der Waals surface area contributed by atoms with Crippen LogP contribution >= 0.6 is 0 Å². The summed E-state index contributed by atoms with van der Waals surface area (Å²) in [5.41, 5.74) is 7.03. The molecule has 1 fully saturated rings. The first-order valence-electron chi connectivity index (χ1n) is 11.1. The molecule has 0 aromatic heterocycles. The molecule has 0 aliphatic carbocycles. The minimum Gasteiger partial charge on any atom is -0.479 e. The summed E-state index contributed by atoms with van der Waals surface area (Å²) in [6.07, 6.45) is 2.42. The van der Waals surface area contributed by atoms with E-state index in [2.05, 4.69) is 5.32 Å². The second-order valence-corrected chi connectivity index (χ2v) is 8.13. The smallest absolute Gasteiger partial charge is 0.345 e. The van der Waals surface area contributed by atoms with E-state index in [1.807, 2.05) is 30.3 Å². The number of carbonyl (C=O) groups excluding carboxylic acids is 2. The third kappa shape index (κ3) is 7.96. The summed E-state index contributed by atoms with van der Waals surface area (Å²) in [4.78, 5) is 38.6. The average molecular weight is 447 g/mol. The molecule has 1 heterocycles. The van der Waals surface area contributed by atoms with Crippen molar-refractivity contribution < 1.29 is 24.2 Å². The average Bonchev–Trinajstić information content (AvgIpc) is 3.26. The number of carboxylic acids is 1. The number of esters is 1. The molecule has 1 aromatic rings. The number of rotatable bonds is 12. The van der Waals surface area contributed by atoms with E-state index in [9.17, 15) is 19.5 Å². The van der Waals surface area contributed by atoms with Crippen molar-refractivity contribution in [2.24, 2.45) is 5.73 Å². The zero-order valence-corrected chi connectivity index (χ0v) is 18.6. The number of hydrogen-bond donors (Lipinski definition) is 4. The molecule has 2 rings (SSSR count). The molecule has 0 unspecified atom stereocenters. The van der Waals surface area contributed by atoms with E-state index >= 15 is 0 Å². The second kappa shape index (κ2) is 12.8. The fourth-order valence-electron chi connectivity index (χ4n) is 3.77. The zero-order chi connectivity index (χ0) is 23.5. The van der Waals surface area contributed by atoms with Gasteiger partial charge in [0.05, 0.1) is 11.9 Å². The molecule has 3 atom stereocenters. The number of ether oxygens (including phenoxy) is 1. The van der Waals surface area contributed by atoms with Gasteiger partial charge in [-0.15, -0.1) is 0 Å². The molecule has 176 valence electrons. The van der Waals surface area contributed by atoms with Crippen molar-refractivity contribution in [2.75, 3.05) is 13.1 Å². The van der Waals surface area contributed by atoms with Crippen molar-refractivity contribution >= 4 is 23.7 Å². The number of benzene rings is 1. The summed E-state index contributed by atoms with van der Waals surface area (Å²) in [5, 5.41) is 19.7. The van der Waals surface area contributed by atoms with Crippen molar-refractivity contribution in [2.45, 2.75) is 70.1 Å². The van der Waals surface area contributed by atoms with Crippen LogP contribution < -0.4 is 11.1 Å². The molecular formula is C23H34N4O5. The van der Waals surface area contributed by atoms with E-state index in [4.69, 9.17) is 15.9 Å². The number of amides is 1. The van der Waals surface area contributed by atoms with Crippen molar-refractivity contribution in [3.05, 3.63) is 35.9 Å². The van der Waals surface area contributed by atoms with Crippen LogP contribution in [0.1, 0.15) is 51.0 Å². The molecule has 1 amide bonds. The highest BCUT2D eigenvalue weighted by molar-refractivity contribution is 5.89. The van der Waals surface area contributed by atoms with Gasteiger partial charge >= 0.3 is 11.9 Å². The van der Waals surface area contributed by atoms with Crippen LogP contribution in [0.3, 0.4) is 0 Å². The first kappa shape index (κ1) is 25.3. The third-order valence-electron chi connectivity index (χ3n) is 5.53. The van der Waals surface area contributed by atoms with Gasteiger partial charge in [0, 0.05) is 13.1 Å². The van der Waals surface area contributed by atoms with Gasteiger partial charge in [-0.05, 0) is 57.4 Å². The molecule has 0 radical (unpaired) electrons. The van der Waals surface area contributed by atoms with Gasteiger partial charge in [0.2, 0.25) is 5.91 Å². The van der Waals surface area contributed by atoms with Gasteiger partial charge in [0.1, 0.15) is 6.04 Å². The Hall–Kier alpha value is -2.94. The second-order valence-electron chi connectivity index (χ2n) is 8.13. The van der Waals surface area contributed by atoms with Crippen LogP contribution in [0.4, 0.5) is 0 Å². The van der Waals surface area contributed by atoms with E-state index in [1.54, 1.807) is 6.92 Å². The summed E-state index contributed by atoms with van der Waals surface area (Å²) < 4.78 is 5.31. The van der Waals surface area contributed by atoms with Crippen LogP contribution in [-0.2, 0) is 25.5 Å². The number of nitrogens with one attached hydrogen (secondary N) is 2. The Bertz CT molecular complexity index is 786. The third-order valence-corrected chi connectivity index (χ3v) is 5.53. The SMILES string of the molecule is CC(=N)NCCCC[C@H](N)C(=O)N1CCC[C@H]1C(=O)O[C@@H](CCc1ccccc1)C(=O)O. The molecule has 9 nitrogen and oxygen atoms in total. The number of likely N-dealkylation sites (tertiary alicyclic amines) is 1. The van der Waals surface area contributed by atoms with Crippen molar-refractivity contribution in [3.8, 4) is 0 Å². The van der Waals surface area contributed by atoms with Gasteiger partial charge in [-0.1, -0.05) is 30.3 Å². The first-order valence-corrected chi connectivity index (χ1v) is 11.1. The molecule has 0 spiro atoms. The lowest BCUT2D eigenvalue weighted by molar-refractivity contribution is -0.168. The monoisotopic (exact) mass is 446 g/mol. The number of unbranched alkanes of at least 4 members (excludes halogenated alkanes) is 1. The lowest BCUT2D eigenvalue weighted by atomic mass is 10.1. The molecule has 0 saturated carbocycles. The van der Waals surface area contributed by atoms with Gasteiger partial charge in [0.25, 0.3) is 0 Å².